The molecular weight excluding hydrogens is 232 g/mol. The maximum Gasteiger partial charge on any atom is 0.0114 e. The number of hydrogen-bond donors (Lipinski definition) is 0. The first-order chi connectivity index (χ1) is 8.79. The quantitative estimate of drug-likeness (QED) is 0.657. The first-order valence-electron chi connectivity index (χ1n) is 8.79. The minimum atomic E-state index is 0.863. The maximum absolute atomic E-state index is 1.65. The van der Waals surface area contributed by atoms with E-state index in [9.17, 15) is 0 Å². The molecule has 0 aromatic heterocycles. The Morgan fingerprint density at radius 1 is 0.667 bits per heavy atom. The molecule has 3 aliphatic rings. The molecular formula is C17H32Si. The molecule has 0 nitrogen and oxygen atoms in total. The molecule has 3 rings (SSSR count). The van der Waals surface area contributed by atoms with Crippen molar-refractivity contribution in [3.05, 3.63) is 0 Å². The lowest BCUT2D eigenvalue weighted by atomic mass is 9.73. The van der Waals surface area contributed by atoms with Crippen molar-refractivity contribution in [2.45, 2.75) is 88.5 Å². The molecule has 3 fully saturated rings. The Morgan fingerprint density at radius 2 is 1.06 bits per heavy atom. The Balaban J connectivity index is 1.72. The van der Waals surface area contributed by atoms with Crippen molar-refractivity contribution in [3.63, 3.8) is 0 Å². The second-order valence-corrected chi connectivity index (χ2v) is 9.68. The zero-order chi connectivity index (χ0) is 12.4. The highest BCUT2D eigenvalue weighted by Gasteiger charge is 2.44. The van der Waals surface area contributed by atoms with Crippen LogP contribution in [0, 0.1) is 17.8 Å². The summed E-state index contributed by atoms with van der Waals surface area (Å²) in [7, 11) is 1.49. The van der Waals surface area contributed by atoms with Gasteiger partial charge in [0.15, 0.2) is 0 Å². The Kier molecular flexibility index (Phi) is 4.17. The highest BCUT2D eigenvalue weighted by molar-refractivity contribution is 6.15. The van der Waals surface area contributed by atoms with Crippen molar-refractivity contribution in [2.75, 3.05) is 0 Å². The molecule has 0 bridgehead atoms. The summed E-state index contributed by atoms with van der Waals surface area (Å²) in [6.45, 7) is 0. The van der Waals surface area contributed by atoms with E-state index in [4.69, 9.17) is 0 Å². The van der Waals surface area contributed by atoms with Gasteiger partial charge in [0, 0.05) is 10.2 Å². The minimum absolute atomic E-state index is 0.863. The predicted octanol–water partition coefficient (Wildman–Crippen LogP) is 4.47. The molecule has 0 amide bonds. The summed E-state index contributed by atoms with van der Waals surface area (Å²) in [5.74, 6) is 3.42. The van der Waals surface area contributed by atoms with Gasteiger partial charge in [0.05, 0.1) is 0 Å². The topological polar surface area (TPSA) is 0 Å². The van der Waals surface area contributed by atoms with Gasteiger partial charge in [-0.2, -0.15) is 0 Å². The summed E-state index contributed by atoms with van der Waals surface area (Å²) < 4.78 is 0. The van der Waals surface area contributed by atoms with Gasteiger partial charge in [-0.15, -0.1) is 0 Å². The summed E-state index contributed by atoms with van der Waals surface area (Å²) in [5, 5.41) is 0.863. The molecule has 0 aliphatic heterocycles. The zero-order valence-electron chi connectivity index (χ0n) is 12.4. The standard InChI is InChI=1S/C17H32Si/c18-17(15-9-3-4-10-15,16-11-5-6-12-16)13-14-7-1-2-8-14/h14-16H,1-13H2,18H3. The van der Waals surface area contributed by atoms with E-state index < -0.39 is 0 Å². The molecule has 0 radical (unpaired) electrons. The van der Waals surface area contributed by atoms with Gasteiger partial charge in [-0.3, -0.25) is 0 Å². The zero-order valence-corrected chi connectivity index (χ0v) is 14.4. The van der Waals surface area contributed by atoms with E-state index in [-0.39, 0.29) is 0 Å². The van der Waals surface area contributed by atoms with Gasteiger partial charge in [0.1, 0.15) is 0 Å². The average Bonchev–Trinajstić information content (AvgIpc) is 3.13. The second kappa shape index (κ2) is 5.69. The van der Waals surface area contributed by atoms with Crippen molar-refractivity contribution in [3.8, 4) is 0 Å². The van der Waals surface area contributed by atoms with E-state index in [1.807, 2.05) is 0 Å². The van der Waals surface area contributed by atoms with Crippen molar-refractivity contribution >= 4 is 10.2 Å². The van der Waals surface area contributed by atoms with Crippen LogP contribution in [0.4, 0.5) is 0 Å². The van der Waals surface area contributed by atoms with Crippen LogP contribution in [0.1, 0.15) is 83.5 Å². The molecule has 0 heterocycles. The van der Waals surface area contributed by atoms with Crippen LogP contribution in [0.3, 0.4) is 0 Å². The summed E-state index contributed by atoms with van der Waals surface area (Å²) in [6.07, 6.45) is 20.4. The molecule has 0 aromatic carbocycles. The van der Waals surface area contributed by atoms with Gasteiger partial charge >= 0.3 is 0 Å². The van der Waals surface area contributed by atoms with Crippen molar-refractivity contribution in [1.82, 2.24) is 0 Å². The fourth-order valence-corrected chi connectivity index (χ4v) is 7.41. The molecule has 0 N–H and O–H groups in total. The first kappa shape index (κ1) is 13.2. The Hall–Kier alpha value is 0.217. The first-order valence-corrected chi connectivity index (χ1v) is 9.79. The highest BCUT2D eigenvalue weighted by Crippen LogP contribution is 2.58. The van der Waals surface area contributed by atoms with E-state index in [2.05, 4.69) is 0 Å². The monoisotopic (exact) mass is 264 g/mol. The summed E-state index contributed by atoms with van der Waals surface area (Å²) in [4.78, 5) is 0. The molecule has 0 unspecified atom stereocenters. The second-order valence-electron chi connectivity index (χ2n) is 7.82. The van der Waals surface area contributed by atoms with Gasteiger partial charge in [-0.05, 0) is 29.2 Å². The third-order valence-corrected chi connectivity index (χ3v) is 8.82. The molecule has 18 heavy (non-hydrogen) atoms. The van der Waals surface area contributed by atoms with Crippen molar-refractivity contribution in [2.24, 2.45) is 17.8 Å². The Morgan fingerprint density at radius 3 is 1.50 bits per heavy atom. The van der Waals surface area contributed by atoms with Crippen LogP contribution in [0.25, 0.3) is 0 Å². The Labute approximate surface area is 117 Å². The van der Waals surface area contributed by atoms with E-state index in [0.29, 0.717) is 0 Å². The fraction of sp³-hybridized carbons (Fsp3) is 1.00. The third-order valence-electron chi connectivity index (χ3n) is 6.78. The minimum Gasteiger partial charge on any atom is -0.0530 e. The van der Waals surface area contributed by atoms with Gasteiger partial charge in [0.25, 0.3) is 0 Å². The van der Waals surface area contributed by atoms with Gasteiger partial charge < -0.3 is 0 Å². The summed E-state index contributed by atoms with van der Waals surface area (Å²) in [6, 6.07) is 0. The third kappa shape index (κ3) is 2.57. The predicted molar refractivity (Wildman–Crippen MR) is 83.1 cm³/mol. The smallest absolute Gasteiger partial charge is 0.0114 e. The SMILES string of the molecule is [SiH3]C(CC1CCCC1)(C1CCCC1)C1CCCC1. The van der Waals surface area contributed by atoms with E-state index in [1.165, 1.54) is 23.1 Å². The van der Waals surface area contributed by atoms with Gasteiger partial charge in [-0.25, -0.2) is 0 Å². The lowest BCUT2D eigenvalue weighted by molar-refractivity contribution is 0.207. The van der Waals surface area contributed by atoms with E-state index in [0.717, 1.165) is 22.8 Å². The molecule has 0 atom stereocenters. The van der Waals surface area contributed by atoms with Crippen LogP contribution in [-0.2, 0) is 0 Å². The fourth-order valence-electron chi connectivity index (χ4n) is 5.67. The summed E-state index contributed by atoms with van der Waals surface area (Å²) >= 11 is 0. The van der Waals surface area contributed by atoms with Crippen LogP contribution in [0.5, 0.6) is 0 Å². The van der Waals surface area contributed by atoms with E-state index >= 15 is 0 Å². The average molecular weight is 265 g/mol. The van der Waals surface area contributed by atoms with Crippen LogP contribution >= 0.6 is 0 Å². The molecule has 0 aromatic rings. The van der Waals surface area contributed by atoms with Crippen LogP contribution in [0.15, 0.2) is 0 Å². The normalized spacial score (nSPS) is 28.7. The number of rotatable bonds is 4. The van der Waals surface area contributed by atoms with Crippen LogP contribution in [0.2, 0.25) is 5.04 Å². The lowest BCUT2D eigenvalue weighted by Gasteiger charge is -2.43. The molecule has 104 valence electrons. The van der Waals surface area contributed by atoms with Crippen LogP contribution in [-0.4, -0.2) is 10.2 Å². The maximum atomic E-state index is 1.65. The largest absolute Gasteiger partial charge is 0.0530 e. The van der Waals surface area contributed by atoms with E-state index in [1.54, 1.807) is 70.6 Å². The van der Waals surface area contributed by atoms with Gasteiger partial charge in [0.2, 0.25) is 0 Å². The van der Waals surface area contributed by atoms with Gasteiger partial charge in [-0.1, -0.05) is 77.0 Å². The molecule has 0 saturated heterocycles. The molecule has 3 aliphatic carbocycles. The molecule has 0 spiro atoms. The Bertz CT molecular complexity index is 239. The highest BCUT2D eigenvalue weighted by atomic mass is 28.1. The molecule has 3 saturated carbocycles. The molecule has 1 heteroatoms. The summed E-state index contributed by atoms with van der Waals surface area (Å²) in [5.41, 5.74) is 0. The number of hydrogen-bond acceptors (Lipinski definition) is 0. The van der Waals surface area contributed by atoms with Crippen molar-refractivity contribution < 1.29 is 0 Å². The van der Waals surface area contributed by atoms with Crippen molar-refractivity contribution in [1.29, 1.82) is 0 Å². The van der Waals surface area contributed by atoms with Crippen LogP contribution < -0.4 is 0 Å². The lowest BCUT2D eigenvalue weighted by Crippen LogP contribution is -2.31.